The van der Waals surface area contributed by atoms with Gasteiger partial charge in [-0.25, -0.2) is 9.37 Å². The lowest BCUT2D eigenvalue weighted by atomic mass is 10.2. The predicted octanol–water partition coefficient (Wildman–Crippen LogP) is 3.91. The molecule has 1 aromatic heterocycles. The Morgan fingerprint density at radius 2 is 2.16 bits per heavy atom. The van der Waals surface area contributed by atoms with Gasteiger partial charge in [-0.05, 0) is 32.0 Å². The summed E-state index contributed by atoms with van der Waals surface area (Å²) in [5, 5.41) is 5.05. The summed E-state index contributed by atoms with van der Waals surface area (Å²) in [5.74, 6) is -1.07. The summed E-state index contributed by atoms with van der Waals surface area (Å²) in [5.41, 5.74) is 0.883. The molecule has 1 amide bonds. The Labute approximate surface area is 158 Å². The van der Waals surface area contributed by atoms with E-state index in [1.165, 1.54) is 23.5 Å². The van der Waals surface area contributed by atoms with Gasteiger partial charge in [0.05, 0.1) is 23.5 Å². The summed E-state index contributed by atoms with van der Waals surface area (Å²) in [6.07, 6.45) is 0.392. The minimum Gasteiger partial charge on any atom is -0.373 e. The van der Waals surface area contributed by atoms with E-state index in [9.17, 15) is 9.18 Å². The van der Waals surface area contributed by atoms with Gasteiger partial charge >= 0.3 is 0 Å². The van der Waals surface area contributed by atoms with E-state index in [1.54, 1.807) is 6.07 Å². The van der Waals surface area contributed by atoms with Crippen LogP contribution in [0.4, 0.5) is 9.52 Å². The van der Waals surface area contributed by atoms with Crippen molar-refractivity contribution < 1.29 is 13.9 Å². The summed E-state index contributed by atoms with van der Waals surface area (Å²) in [4.78, 5) is 18.9. The van der Waals surface area contributed by atoms with Crippen molar-refractivity contribution in [3.8, 4) is 0 Å². The SMILES string of the molecule is CC1CN(Cc2csc(NC(=O)c3ccc(Br)cc3F)n2)CC(C)O1. The van der Waals surface area contributed by atoms with E-state index >= 15 is 0 Å². The van der Waals surface area contributed by atoms with Gasteiger partial charge in [-0.3, -0.25) is 15.0 Å². The minimum absolute atomic E-state index is 0.00391. The maximum absolute atomic E-state index is 13.9. The van der Waals surface area contributed by atoms with Gasteiger partial charge in [-0.2, -0.15) is 0 Å². The Hall–Kier alpha value is -1.35. The number of rotatable bonds is 4. The van der Waals surface area contributed by atoms with Crippen molar-refractivity contribution in [1.82, 2.24) is 9.88 Å². The maximum atomic E-state index is 13.9. The molecule has 1 saturated heterocycles. The van der Waals surface area contributed by atoms with E-state index in [1.807, 2.05) is 5.38 Å². The zero-order valence-electron chi connectivity index (χ0n) is 14.0. The quantitative estimate of drug-likeness (QED) is 0.803. The normalized spacial score (nSPS) is 21.3. The molecule has 2 aromatic rings. The van der Waals surface area contributed by atoms with E-state index in [2.05, 4.69) is 45.0 Å². The molecule has 0 radical (unpaired) electrons. The van der Waals surface area contributed by atoms with Crippen LogP contribution in [-0.4, -0.2) is 41.1 Å². The lowest BCUT2D eigenvalue weighted by Crippen LogP contribution is -2.44. The lowest BCUT2D eigenvalue weighted by Gasteiger charge is -2.34. The number of benzene rings is 1. The summed E-state index contributed by atoms with van der Waals surface area (Å²) in [7, 11) is 0. The van der Waals surface area contributed by atoms with Gasteiger partial charge in [0.2, 0.25) is 0 Å². The Bertz CT molecular complexity index is 760. The average molecular weight is 428 g/mol. The Kier molecular flexibility index (Phi) is 5.83. The van der Waals surface area contributed by atoms with Crippen molar-refractivity contribution in [3.63, 3.8) is 0 Å². The number of thiazole rings is 1. The molecule has 0 spiro atoms. The number of morpholine rings is 1. The standard InChI is InChI=1S/C17H19BrFN3O2S/c1-10-6-22(7-11(2)24-10)8-13-9-25-17(20-13)21-16(23)14-4-3-12(18)5-15(14)19/h3-5,9-11H,6-8H2,1-2H3,(H,20,21,23). The predicted molar refractivity (Wildman–Crippen MR) is 99.5 cm³/mol. The third-order valence-corrected chi connectivity index (χ3v) is 5.13. The van der Waals surface area contributed by atoms with E-state index in [-0.39, 0.29) is 17.8 Å². The van der Waals surface area contributed by atoms with Gasteiger partial charge < -0.3 is 4.74 Å². The first-order valence-corrected chi connectivity index (χ1v) is 9.66. The first-order valence-electron chi connectivity index (χ1n) is 7.99. The van der Waals surface area contributed by atoms with Crippen LogP contribution in [0.5, 0.6) is 0 Å². The smallest absolute Gasteiger partial charge is 0.260 e. The van der Waals surface area contributed by atoms with E-state index in [0.717, 1.165) is 18.8 Å². The molecular formula is C17H19BrFN3O2S. The fourth-order valence-electron chi connectivity index (χ4n) is 2.92. The van der Waals surface area contributed by atoms with Crippen LogP contribution < -0.4 is 5.32 Å². The molecule has 0 bridgehead atoms. The number of nitrogens with zero attached hydrogens (tertiary/aromatic N) is 2. The van der Waals surface area contributed by atoms with Crippen molar-refractivity contribution in [2.75, 3.05) is 18.4 Å². The molecule has 0 aliphatic carbocycles. The van der Waals surface area contributed by atoms with Crippen molar-refractivity contribution >= 4 is 38.3 Å². The Morgan fingerprint density at radius 3 is 2.84 bits per heavy atom. The number of aromatic nitrogens is 1. The second-order valence-electron chi connectivity index (χ2n) is 6.17. The van der Waals surface area contributed by atoms with Crippen LogP contribution in [-0.2, 0) is 11.3 Å². The van der Waals surface area contributed by atoms with Gasteiger partial charge in [-0.15, -0.1) is 11.3 Å². The number of carbonyl (C=O) groups is 1. The van der Waals surface area contributed by atoms with Gasteiger partial charge in [0.25, 0.3) is 5.91 Å². The third-order valence-electron chi connectivity index (χ3n) is 3.83. The number of amides is 1. The highest BCUT2D eigenvalue weighted by molar-refractivity contribution is 9.10. The number of anilines is 1. The first kappa shape index (κ1) is 18.4. The van der Waals surface area contributed by atoms with Crippen LogP contribution in [0.15, 0.2) is 28.1 Å². The number of hydrogen-bond acceptors (Lipinski definition) is 5. The largest absolute Gasteiger partial charge is 0.373 e. The minimum atomic E-state index is -0.569. The number of carbonyl (C=O) groups excluding carboxylic acids is 1. The van der Waals surface area contributed by atoms with Gasteiger partial charge in [-0.1, -0.05) is 15.9 Å². The number of halogens is 2. The fraction of sp³-hybridized carbons (Fsp3) is 0.412. The van der Waals surface area contributed by atoms with Crippen LogP contribution >= 0.6 is 27.3 Å². The molecule has 1 aromatic carbocycles. The number of hydrogen-bond donors (Lipinski definition) is 1. The highest BCUT2D eigenvalue weighted by atomic mass is 79.9. The van der Waals surface area contributed by atoms with Crippen LogP contribution in [0, 0.1) is 5.82 Å². The van der Waals surface area contributed by atoms with Crippen molar-refractivity contribution in [1.29, 1.82) is 0 Å². The van der Waals surface area contributed by atoms with Crippen molar-refractivity contribution in [2.45, 2.75) is 32.6 Å². The fourth-order valence-corrected chi connectivity index (χ4v) is 3.95. The molecule has 1 aliphatic heterocycles. The molecule has 8 heteroatoms. The van der Waals surface area contributed by atoms with Gasteiger partial charge in [0.15, 0.2) is 5.13 Å². The molecule has 1 N–H and O–H groups in total. The van der Waals surface area contributed by atoms with Crippen LogP contribution in [0.25, 0.3) is 0 Å². The van der Waals surface area contributed by atoms with Crippen LogP contribution in [0.1, 0.15) is 29.9 Å². The Balaban J connectivity index is 1.62. The molecule has 5 nitrogen and oxygen atoms in total. The van der Waals surface area contributed by atoms with E-state index in [4.69, 9.17) is 4.74 Å². The van der Waals surface area contributed by atoms with Crippen LogP contribution in [0.2, 0.25) is 0 Å². The Morgan fingerprint density at radius 1 is 1.44 bits per heavy atom. The molecule has 2 heterocycles. The molecule has 25 heavy (non-hydrogen) atoms. The zero-order chi connectivity index (χ0) is 18.0. The third kappa shape index (κ3) is 4.84. The highest BCUT2D eigenvalue weighted by Gasteiger charge is 2.23. The molecule has 2 atom stereocenters. The molecule has 1 aliphatic rings. The summed E-state index contributed by atoms with van der Waals surface area (Å²) in [6, 6.07) is 4.34. The molecule has 1 fully saturated rings. The van der Waals surface area contributed by atoms with E-state index < -0.39 is 11.7 Å². The second-order valence-corrected chi connectivity index (χ2v) is 7.95. The number of nitrogens with one attached hydrogen (secondary N) is 1. The van der Waals surface area contributed by atoms with Gasteiger partial charge in [0.1, 0.15) is 5.82 Å². The number of ether oxygens (including phenoxy) is 1. The molecule has 0 saturated carbocycles. The summed E-state index contributed by atoms with van der Waals surface area (Å²) < 4.78 is 20.2. The molecule has 2 unspecified atom stereocenters. The lowest BCUT2D eigenvalue weighted by molar-refractivity contribution is -0.0707. The zero-order valence-corrected chi connectivity index (χ0v) is 16.4. The molecule has 134 valence electrons. The van der Waals surface area contributed by atoms with Crippen molar-refractivity contribution in [3.05, 3.63) is 45.1 Å². The van der Waals surface area contributed by atoms with Crippen molar-refractivity contribution in [2.24, 2.45) is 0 Å². The highest BCUT2D eigenvalue weighted by Crippen LogP contribution is 2.21. The molecule has 3 rings (SSSR count). The molecular weight excluding hydrogens is 409 g/mol. The monoisotopic (exact) mass is 427 g/mol. The topological polar surface area (TPSA) is 54.5 Å². The van der Waals surface area contributed by atoms with Crippen LogP contribution in [0.3, 0.4) is 0 Å². The average Bonchev–Trinajstić information content (AvgIpc) is 2.92. The first-order chi connectivity index (χ1) is 11.9. The summed E-state index contributed by atoms with van der Waals surface area (Å²) in [6.45, 7) is 6.53. The van der Waals surface area contributed by atoms with E-state index in [0.29, 0.717) is 16.1 Å². The summed E-state index contributed by atoms with van der Waals surface area (Å²) >= 11 is 4.51. The second kappa shape index (κ2) is 7.90. The maximum Gasteiger partial charge on any atom is 0.260 e. The van der Waals surface area contributed by atoms with Gasteiger partial charge in [0, 0.05) is 29.5 Å².